The van der Waals surface area contributed by atoms with Crippen LogP contribution in [0.3, 0.4) is 0 Å². The summed E-state index contributed by atoms with van der Waals surface area (Å²) in [5, 5.41) is 34.1. The van der Waals surface area contributed by atoms with Gasteiger partial charge in [-0.1, -0.05) is 26.7 Å². The summed E-state index contributed by atoms with van der Waals surface area (Å²) in [5.41, 5.74) is 6.71. The van der Waals surface area contributed by atoms with Gasteiger partial charge in [-0.15, -0.1) is 20.3 Å². The molecule has 1 atom stereocenters. The molecule has 0 aliphatic heterocycles. The fourth-order valence-electron chi connectivity index (χ4n) is 2.73. The number of phenols is 2. The number of hydrogen-bond acceptors (Lipinski definition) is 4. The summed E-state index contributed by atoms with van der Waals surface area (Å²) in [6.45, 7) is 10.8. The second kappa shape index (κ2) is 18.1. The SMILES string of the molecule is CC1=CC[C-]=C1.CC1=[C-]C(C)C(C)=C1C.N#Cc1ccc(O)cc1.N#Cc1ccc(O)cc1.[CH2]=[Zr+2]. The van der Waals surface area contributed by atoms with E-state index in [1.165, 1.54) is 70.8 Å². The minimum absolute atomic E-state index is 0.189. The number of nitriles is 2. The molecular formula is C30H32N2O2Zr. The van der Waals surface area contributed by atoms with E-state index in [4.69, 9.17) is 20.7 Å². The van der Waals surface area contributed by atoms with E-state index in [2.05, 4.69) is 57.1 Å². The van der Waals surface area contributed by atoms with E-state index in [9.17, 15) is 0 Å². The van der Waals surface area contributed by atoms with Crippen LogP contribution in [0.25, 0.3) is 0 Å². The number of phenolic OH excluding ortho intramolecular Hbond substituents is 2. The Labute approximate surface area is 225 Å². The number of benzene rings is 2. The molecule has 0 aromatic heterocycles. The molecule has 2 aliphatic rings. The predicted octanol–water partition coefficient (Wildman–Crippen LogP) is 6.91. The molecule has 0 saturated carbocycles. The van der Waals surface area contributed by atoms with Gasteiger partial charge in [0.1, 0.15) is 11.5 Å². The van der Waals surface area contributed by atoms with E-state index in [0.29, 0.717) is 17.0 Å². The molecule has 35 heavy (non-hydrogen) atoms. The van der Waals surface area contributed by atoms with Crippen LogP contribution < -0.4 is 0 Å². The zero-order valence-electron chi connectivity index (χ0n) is 21.1. The molecule has 2 aliphatic carbocycles. The molecule has 4 rings (SSSR count). The van der Waals surface area contributed by atoms with Crippen molar-refractivity contribution in [1.29, 1.82) is 10.5 Å². The summed E-state index contributed by atoms with van der Waals surface area (Å²) in [7, 11) is 0. The molecular weight excluding hydrogens is 512 g/mol. The molecule has 5 heteroatoms. The van der Waals surface area contributed by atoms with Crippen LogP contribution in [0.15, 0.2) is 83.0 Å². The van der Waals surface area contributed by atoms with Crippen molar-refractivity contribution in [2.75, 3.05) is 0 Å². The van der Waals surface area contributed by atoms with Gasteiger partial charge >= 0.3 is 28.4 Å². The summed E-state index contributed by atoms with van der Waals surface area (Å²) in [6, 6.07) is 16.1. The first-order chi connectivity index (χ1) is 16.7. The van der Waals surface area contributed by atoms with Gasteiger partial charge in [-0.05, 0) is 48.5 Å². The Morgan fingerprint density at radius 2 is 1.29 bits per heavy atom. The van der Waals surface area contributed by atoms with Crippen molar-refractivity contribution in [3.05, 3.63) is 106 Å². The van der Waals surface area contributed by atoms with Gasteiger partial charge in [-0.3, -0.25) is 12.2 Å². The predicted molar refractivity (Wildman–Crippen MR) is 139 cm³/mol. The van der Waals surface area contributed by atoms with Crippen molar-refractivity contribution >= 4 is 4.21 Å². The Bertz CT molecular complexity index is 1070. The van der Waals surface area contributed by atoms with Gasteiger partial charge in [0.05, 0.1) is 23.3 Å². The first-order valence-electron chi connectivity index (χ1n) is 10.9. The van der Waals surface area contributed by atoms with Gasteiger partial charge in [0.15, 0.2) is 0 Å². The molecule has 1 unspecified atom stereocenters. The van der Waals surface area contributed by atoms with Crippen molar-refractivity contribution in [2.24, 2.45) is 5.92 Å². The van der Waals surface area contributed by atoms with Crippen LogP contribution in [-0.4, -0.2) is 14.4 Å². The van der Waals surface area contributed by atoms with E-state index >= 15 is 0 Å². The van der Waals surface area contributed by atoms with Gasteiger partial charge in [0.25, 0.3) is 0 Å². The third kappa shape index (κ3) is 13.3. The Kier molecular flexibility index (Phi) is 16.4. The molecule has 0 bridgehead atoms. The van der Waals surface area contributed by atoms with Crippen LogP contribution in [0, 0.1) is 40.7 Å². The fraction of sp³-hybridized carbons (Fsp3) is 0.233. The summed E-state index contributed by atoms with van der Waals surface area (Å²) in [6.07, 6.45) is 11.6. The Hall–Kier alpha value is -3.27. The Morgan fingerprint density at radius 1 is 0.857 bits per heavy atom. The van der Waals surface area contributed by atoms with Crippen molar-refractivity contribution in [3.8, 4) is 23.6 Å². The zero-order valence-corrected chi connectivity index (χ0v) is 23.5. The van der Waals surface area contributed by atoms with Crippen molar-refractivity contribution < 1.29 is 34.4 Å². The minimum atomic E-state index is 0.189. The second-order valence-corrected chi connectivity index (χ2v) is 7.62. The average molecular weight is 544 g/mol. The number of hydrogen-bond donors (Lipinski definition) is 2. The van der Waals surface area contributed by atoms with Crippen molar-refractivity contribution in [2.45, 2.75) is 41.0 Å². The molecule has 0 radical (unpaired) electrons. The molecule has 2 aromatic rings. The summed E-state index contributed by atoms with van der Waals surface area (Å²) in [5.74, 6) is 0.938. The molecule has 0 saturated heterocycles. The quantitative estimate of drug-likeness (QED) is 0.353. The van der Waals surface area contributed by atoms with Crippen LogP contribution in [0.2, 0.25) is 0 Å². The zero-order chi connectivity index (χ0) is 26.8. The van der Waals surface area contributed by atoms with Crippen LogP contribution in [0.4, 0.5) is 0 Å². The van der Waals surface area contributed by atoms with Crippen molar-refractivity contribution in [3.63, 3.8) is 0 Å². The molecule has 0 spiro atoms. The van der Waals surface area contributed by atoms with Gasteiger partial charge < -0.3 is 10.2 Å². The standard InChI is InChI=1S/C9H13.2C7H5NO.C6H7.CH2.Zr/c1-6-5-7(2)9(4)8(6)3;2*8-5-6-1-3-7(9)4-2-6;1-6-4-2-3-5-6;;/h6H,1-4H3;2*1-4,9H;4-5H,2H2,1H3;1H2;/q-1;;;-1;;+2. The average Bonchev–Trinajstić information content (AvgIpc) is 3.44. The fourth-order valence-corrected chi connectivity index (χ4v) is 2.73. The molecule has 2 N–H and O–H groups in total. The van der Waals surface area contributed by atoms with Crippen LogP contribution in [-0.2, 0) is 24.2 Å². The molecule has 0 amide bonds. The number of nitrogens with zero attached hydrogens (tertiary/aromatic N) is 2. The Balaban J connectivity index is 0.000000434. The van der Waals surface area contributed by atoms with Crippen molar-refractivity contribution in [1.82, 2.24) is 0 Å². The molecule has 178 valence electrons. The number of allylic oxidation sites excluding steroid dienone is 8. The maximum atomic E-state index is 8.74. The van der Waals surface area contributed by atoms with Crippen LogP contribution >= 0.6 is 0 Å². The summed E-state index contributed by atoms with van der Waals surface area (Å²) in [4.78, 5) is 0. The number of rotatable bonds is 0. The van der Waals surface area contributed by atoms with E-state index in [1.807, 2.05) is 18.2 Å². The van der Waals surface area contributed by atoms with E-state index < -0.39 is 0 Å². The van der Waals surface area contributed by atoms with Crippen LogP contribution in [0.1, 0.15) is 52.2 Å². The van der Waals surface area contributed by atoms with Gasteiger partial charge in [0, 0.05) is 0 Å². The maximum absolute atomic E-state index is 8.74. The van der Waals surface area contributed by atoms with E-state index in [1.54, 1.807) is 24.3 Å². The van der Waals surface area contributed by atoms with Gasteiger partial charge in [0.2, 0.25) is 0 Å². The topological polar surface area (TPSA) is 88.0 Å². The van der Waals surface area contributed by atoms with Gasteiger partial charge in [-0.25, -0.2) is 17.2 Å². The van der Waals surface area contributed by atoms with E-state index in [0.717, 1.165) is 6.42 Å². The molecule has 0 heterocycles. The normalized spacial score (nSPS) is 14.6. The molecule has 0 fully saturated rings. The summed E-state index contributed by atoms with van der Waals surface area (Å²) < 4.78 is 3.34. The van der Waals surface area contributed by atoms with E-state index in [-0.39, 0.29) is 11.5 Å². The van der Waals surface area contributed by atoms with Gasteiger partial charge in [-0.2, -0.15) is 27.7 Å². The number of aromatic hydroxyl groups is 2. The monoisotopic (exact) mass is 542 g/mol. The third-order valence-corrected chi connectivity index (χ3v) is 5.10. The summed E-state index contributed by atoms with van der Waals surface area (Å²) >= 11 is 1.30. The Morgan fingerprint density at radius 3 is 1.46 bits per heavy atom. The first-order valence-corrected chi connectivity index (χ1v) is 12.7. The second-order valence-electron chi connectivity index (χ2n) is 7.62. The van der Waals surface area contributed by atoms with Crippen LogP contribution in [0.5, 0.6) is 11.5 Å². The third-order valence-electron chi connectivity index (χ3n) is 5.10. The molecule has 4 nitrogen and oxygen atoms in total. The first kappa shape index (κ1) is 31.7. The molecule has 2 aromatic carbocycles.